The van der Waals surface area contributed by atoms with Crippen LogP contribution in [0, 0.1) is 17.1 Å². The highest BCUT2D eigenvalue weighted by Crippen LogP contribution is 2.37. The van der Waals surface area contributed by atoms with Crippen LogP contribution in [0.5, 0.6) is 11.5 Å². The number of ether oxygens (including phenoxy) is 2. The molecule has 0 aliphatic rings. The number of hydrogen-bond donors (Lipinski definition) is 1. The standard InChI is InChI=1S/C18H13BrFNO4/c1-24-16-8-11(7-14(19)18(16)25-10-17(22)23)6-12(9-21)13-4-2-3-5-15(13)20/h2-8H,10H2,1H3,(H,22,23)/b12-6-. The summed E-state index contributed by atoms with van der Waals surface area (Å²) < 4.78 is 24.7. The van der Waals surface area contributed by atoms with Gasteiger partial charge in [-0.15, -0.1) is 0 Å². The molecule has 0 bridgehead atoms. The van der Waals surface area contributed by atoms with E-state index in [9.17, 15) is 14.4 Å². The van der Waals surface area contributed by atoms with Crippen molar-refractivity contribution in [2.75, 3.05) is 13.7 Å². The molecule has 7 heteroatoms. The van der Waals surface area contributed by atoms with E-state index in [0.717, 1.165) is 0 Å². The maximum Gasteiger partial charge on any atom is 0.341 e. The molecule has 2 aromatic rings. The van der Waals surface area contributed by atoms with Crippen molar-refractivity contribution in [3.05, 3.63) is 57.8 Å². The van der Waals surface area contributed by atoms with E-state index in [2.05, 4.69) is 15.9 Å². The number of nitrogens with zero attached hydrogens (tertiary/aromatic N) is 1. The first kappa shape index (κ1) is 18.5. The molecule has 2 rings (SSSR count). The second-order valence-corrected chi connectivity index (χ2v) is 5.72. The average Bonchev–Trinajstić information content (AvgIpc) is 2.58. The Morgan fingerprint density at radius 1 is 1.40 bits per heavy atom. The van der Waals surface area contributed by atoms with Gasteiger partial charge in [0.2, 0.25) is 0 Å². The summed E-state index contributed by atoms with van der Waals surface area (Å²) in [6.45, 7) is -0.525. The maximum absolute atomic E-state index is 13.9. The molecule has 0 aliphatic carbocycles. The van der Waals surface area contributed by atoms with E-state index in [4.69, 9.17) is 14.6 Å². The number of halogens is 2. The number of allylic oxidation sites excluding steroid dienone is 1. The minimum Gasteiger partial charge on any atom is -0.493 e. The summed E-state index contributed by atoms with van der Waals surface area (Å²) in [6.07, 6.45) is 1.51. The van der Waals surface area contributed by atoms with Gasteiger partial charge in [-0.3, -0.25) is 0 Å². The predicted octanol–water partition coefficient (Wildman–Crippen LogP) is 4.12. The SMILES string of the molecule is COc1cc(/C=C(/C#N)c2ccccc2F)cc(Br)c1OCC(=O)O. The van der Waals surface area contributed by atoms with Gasteiger partial charge < -0.3 is 14.6 Å². The average molecular weight is 406 g/mol. The fraction of sp³-hybridized carbons (Fsp3) is 0.111. The molecule has 0 spiro atoms. The van der Waals surface area contributed by atoms with E-state index < -0.39 is 18.4 Å². The van der Waals surface area contributed by atoms with E-state index in [-0.39, 0.29) is 22.6 Å². The molecule has 0 fully saturated rings. The van der Waals surface area contributed by atoms with Gasteiger partial charge in [0.15, 0.2) is 18.1 Å². The summed E-state index contributed by atoms with van der Waals surface area (Å²) in [5.41, 5.74) is 0.892. The molecule has 0 aromatic heterocycles. The lowest BCUT2D eigenvalue weighted by Crippen LogP contribution is -2.10. The van der Waals surface area contributed by atoms with Crippen molar-refractivity contribution in [1.29, 1.82) is 5.26 Å². The number of nitriles is 1. The van der Waals surface area contributed by atoms with Crippen LogP contribution in [-0.2, 0) is 4.79 Å². The minimum atomic E-state index is -1.12. The summed E-state index contributed by atoms with van der Waals surface area (Å²) in [5.74, 6) is -1.11. The van der Waals surface area contributed by atoms with Gasteiger partial charge in [-0.05, 0) is 45.8 Å². The fourth-order valence-electron chi connectivity index (χ4n) is 2.11. The Balaban J connectivity index is 2.46. The van der Waals surface area contributed by atoms with Crippen molar-refractivity contribution in [2.24, 2.45) is 0 Å². The minimum absolute atomic E-state index is 0.145. The number of aliphatic carboxylic acids is 1. The lowest BCUT2D eigenvalue weighted by molar-refractivity contribution is -0.139. The van der Waals surface area contributed by atoms with Gasteiger partial charge in [-0.1, -0.05) is 18.2 Å². The zero-order valence-electron chi connectivity index (χ0n) is 13.1. The van der Waals surface area contributed by atoms with Gasteiger partial charge in [0.05, 0.1) is 23.2 Å². The third-order valence-corrected chi connectivity index (χ3v) is 3.78. The summed E-state index contributed by atoms with van der Waals surface area (Å²) >= 11 is 3.29. The zero-order valence-corrected chi connectivity index (χ0v) is 14.7. The Labute approximate surface area is 152 Å². The fourth-order valence-corrected chi connectivity index (χ4v) is 2.69. The first-order valence-electron chi connectivity index (χ1n) is 7.05. The number of carboxylic acid groups (broad SMARTS) is 1. The topological polar surface area (TPSA) is 79.5 Å². The monoisotopic (exact) mass is 405 g/mol. The second-order valence-electron chi connectivity index (χ2n) is 4.87. The van der Waals surface area contributed by atoms with E-state index in [1.165, 1.54) is 25.3 Å². The second kappa shape index (κ2) is 8.31. The molecule has 0 saturated heterocycles. The van der Waals surface area contributed by atoms with E-state index >= 15 is 0 Å². The smallest absolute Gasteiger partial charge is 0.341 e. The highest BCUT2D eigenvalue weighted by Gasteiger charge is 2.14. The molecular formula is C18H13BrFNO4. The van der Waals surface area contributed by atoms with Crippen molar-refractivity contribution < 1.29 is 23.8 Å². The molecule has 2 aromatic carbocycles. The van der Waals surface area contributed by atoms with E-state index in [1.54, 1.807) is 24.3 Å². The third-order valence-electron chi connectivity index (χ3n) is 3.19. The Morgan fingerprint density at radius 2 is 2.12 bits per heavy atom. The van der Waals surface area contributed by atoms with Crippen molar-refractivity contribution in [1.82, 2.24) is 0 Å². The lowest BCUT2D eigenvalue weighted by atomic mass is 10.0. The molecule has 0 atom stereocenters. The first-order chi connectivity index (χ1) is 12.0. The lowest BCUT2D eigenvalue weighted by Gasteiger charge is -2.12. The van der Waals surface area contributed by atoms with E-state index in [1.807, 2.05) is 6.07 Å². The molecule has 5 nitrogen and oxygen atoms in total. The normalized spacial score (nSPS) is 10.9. The number of carbonyl (C=O) groups is 1. The van der Waals surface area contributed by atoms with Crippen molar-refractivity contribution in [3.63, 3.8) is 0 Å². The van der Waals surface area contributed by atoms with Gasteiger partial charge in [0.1, 0.15) is 5.82 Å². The summed E-state index contributed by atoms with van der Waals surface area (Å²) in [5, 5.41) is 18.1. The van der Waals surface area contributed by atoms with Gasteiger partial charge in [-0.2, -0.15) is 5.26 Å². The molecule has 0 aliphatic heterocycles. The molecule has 25 heavy (non-hydrogen) atoms. The third kappa shape index (κ3) is 4.58. The Morgan fingerprint density at radius 3 is 2.72 bits per heavy atom. The van der Waals surface area contributed by atoms with Crippen molar-refractivity contribution in [3.8, 4) is 17.6 Å². The molecule has 0 radical (unpaired) electrons. The summed E-state index contributed by atoms with van der Waals surface area (Å²) in [6, 6.07) is 11.1. The van der Waals surface area contributed by atoms with Crippen LogP contribution in [0.4, 0.5) is 4.39 Å². The van der Waals surface area contributed by atoms with Crippen LogP contribution in [0.15, 0.2) is 40.9 Å². The van der Waals surface area contributed by atoms with Crippen LogP contribution in [0.1, 0.15) is 11.1 Å². The van der Waals surface area contributed by atoms with Gasteiger partial charge in [0.25, 0.3) is 0 Å². The molecule has 128 valence electrons. The van der Waals surface area contributed by atoms with Crippen LogP contribution < -0.4 is 9.47 Å². The number of hydrogen-bond acceptors (Lipinski definition) is 4. The van der Waals surface area contributed by atoms with Crippen LogP contribution in [-0.4, -0.2) is 24.8 Å². The Hall–Kier alpha value is -2.85. The van der Waals surface area contributed by atoms with Gasteiger partial charge in [-0.25, -0.2) is 9.18 Å². The highest BCUT2D eigenvalue weighted by atomic mass is 79.9. The van der Waals surface area contributed by atoms with Crippen LogP contribution >= 0.6 is 15.9 Å². The molecular weight excluding hydrogens is 393 g/mol. The number of carboxylic acids is 1. The maximum atomic E-state index is 13.9. The molecule has 1 N–H and O–H groups in total. The van der Waals surface area contributed by atoms with Crippen LogP contribution in [0.3, 0.4) is 0 Å². The largest absolute Gasteiger partial charge is 0.493 e. The van der Waals surface area contributed by atoms with Gasteiger partial charge >= 0.3 is 5.97 Å². The Bertz CT molecular complexity index is 874. The van der Waals surface area contributed by atoms with Gasteiger partial charge in [0, 0.05) is 5.56 Å². The molecule has 0 saturated carbocycles. The zero-order chi connectivity index (χ0) is 18.4. The number of benzene rings is 2. The van der Waals surface area contributed by atoms with Crippen LogP contribution in [0.2, 0.25) is 0 Å². The predicted molar refractivity (Wildman–Crippen MR) is 93.7 cm³/mol. The highest BCUT2D eigenvalue weighted by molar-refractivity contribution is 9.10. The molecule has 0 heterocycles. The van der Waals surface area contributed by atoms with Crippen molar-refractivity contribution >= 4 is 33.5 Å². The number of methoxy groups -OCH3 is 1. The van der Waals surface area contributed by atoms with Crippen molar-refractivity contribution in [2.45, 2.75) is 0 Å². The van der Waals surface area contributed by atoms with E-state index in [0.29, 0.717) is 10.0 Å². The summed E-state index contributed by atoms with van der Waals surface area (Å²) in [4.78, 5) is 10.7. The Kier molecular flexibility index (Phi) is 6.14. The number of rotatable bonds is 6. The quantitative estimate of drug-likeness (QED) is 0.577. The molecule has 0 unspecified atom stereocenters. The van der Waals surface area contributed by atoms with Crippen LogP contribution in [0.25, 0.3) is 11.6 Å². The first-order valence-corrected chi connectivity index (χ1v) is 7.84. The summed E-state index contributed by atoms with van der Waals surface area (Å²) in [7, 11) is 1.41. The molecule has 0 amide bonds.